The van der Waals surface area contributed by atoms with Crippen molar-refractivity contribution in [1.29, 1.82) is 0 Å². The van der Waals surface area contributed by atoms with Gasteiger partial charge in [-0.15, -0.1) is 0 Å². The molecule has 1 aromatic rings. The number of benzene rings is 1. The molecule has 0 fully saturated rings. The SMILES string of the molecule is CC(=O)OC(CC(=O)O)C(=O)Nc1ccccc1. The van der Waals surface area contributed by atoms with E-state index in [2.05, 4.69) is 10.1 Å². The monoisotopic (exact) mass is 251 g/mol. The van der Waals surface area contributed by atoms with Crippen LogP contribution in [0.25, 0.3) is 0 Å². The molecule has 1 aromatic carbocycles. The third kappa shape index (κ3) is 4.65. The number of para-hydroxylation sites is 1. The number of ether oxygens (including phenoxy) is 1. The lowest BCUT2D eigenvalue weighted by Gasteiger charge is -2.14. The van der Waals surface area contributed by atoms with Crippen LogP contribution in [-0.2, 0) is 19.1 Å². The molecule has 0 saturated heterocycles. The van der Waals surface area contributed by atoms with Crippen LogP contribution >= 0.6 is 0 Å². The van der Waals surface area contributed by atoms with Gasteiger partial charge in [-0.3, -0.25) is 14.4 Å². The van der Waals surface area contributed by atoms with E-state index < -0.39 is 30.4 Å². The second-order valence-corrected chi connectivity index (χ2v) is 3.55. The molecule has 2 N–H and O–H groups in total. The van der Waals surface area contributed by atoms with Gasteiger partial charge in [-0.1, -0.05) is 18.2 Å². The van der Waals surface area contributed by atoms with E-state index in [4.69, 9.17) is 5.11 Å². The van der Waals surface area contributed by atoms with Crippen LogP contribution in [0.3, 0.4) is 0 Å². The van der Waals surface area contributed by atoms with Gasteiger partial charge in [0.15, 0.2) is 6.10 Å². The van der Waals surface area contributed by atoms with E-state index in [9.17, 15) is 14.4 Å². The first-order chi connectivity index (χ1) is 8.49. The molecule has 0 aromatic heterocycles. The minimum atomic E-state index is -1.33. The molecule has 0 bridgehead atoms. The van der Waals surface area contributed by atoms with Crippen molar-refractivity contribution in [2.75, 3.05) is 5.32 Å². The van der Waals surface area contributed by atoms with Crippen LogP contribution in [0.15, 0.2) is 30.3 Å². The molecule has 18 heavy (non-hydrogen) atoms. The Morgan fingerprint density at radius 2 is 1.89 bits per heavy atom. The summed E-state index contributed by atoms with van der Waals surface area (Å²) < 4.78 is 4.66. The average Bonchev–Trinajstić information content (AvgIpc) is 2.28. The first-order valence-electron chi connectivity index (χ1n) is 5.24. The quantitative estimate of drug-likeness (QED) is 0.762. The van der Waals surface area contributed by atoms with E-state index in [1.165, 1.54) is 0 Å². The topological polar surface area (TPSA) is 92.7 Å². The third-order valence-electron chi connectivity index (χ3n) is 2.00. The fourth-order valence-electron chi connectivity index (χ4n) is 1.29. The Morgan fingerprint density at radius 3 is 2.39 bits per heavy atom. The summed E-state index contributed by atoms with van der Waals surface area (Å²) in [6, 6.07) is 8.49. The molecule has 0 heterocycles. The Hall–Kier alpha value is -2.37. The van der Waals surface area contributed by atoms with E-state index in [0.717, 1.165) is 6.92 Å². The molecule has 0 radical (unpaired) electrons. The Kier molecular flexibility index (Phi) is 4.86. The van der Waals surface area contributed by atoms with Gasteiger partial charge in [0.2, 0.25) is 0 Å². The number of amides is 1. The van der Waals surface area contributed by atoms with Crippen molar-refractivity contribution in [3.63, 3.8) is 0 Å². The Bertz CT molecular complexity index is 427. The van der Waals surface area contributed by atoms with Gasteiger partial charge in [0.1, 0.15) is 0 Å². The molecule has 96 valence electrons. The van der Waals surface area contributed by atoms with Crippen molar-refractivity contribution < 1.29 is 24.2 Å². The molecule has 6 nitrogen and oxygen atoms in total. The van der Waals surface area contributed by atoms with Crippen molar-refractivity contribution in [1.82, 2.24) is 0 Å². The molecule has 1 unspecified atom stereocenters. The minimum Gasteiger partial charge on any atom is -0.481 e. The highest BCUT2D eigenvalue weighted by Crippen LogP contribution is 2.08. The lowest BCUT2D eigenvalue weighted by molar-refractivity contribution is -0.156. The van der Waals surface area contributed by atoms with Gasteiger partial charge in [-0.25, -0.2) is 0 Å². The highest BCUT2D eigenvalue weighted by atomic mass is 16.5. The number of esters is 1. The van der Waals surface area contributed by atoms with Crippen molar-refractivity contribution in [2.24, 2.45) is 0 Å². The summed E-state index contributed by atoms with van der Waals surface area (Å²) in [6.45, 7) is 1.12. The molecule has 1 rings (SSSR count). The predicted octanol–water partition coefficient (Wildman–Crippen LogP) is 1.03. The lowest BCUT2D eigenvalue weighted by Crippen LogP contribution is -2.33. The normalized spacial score (nSPS) is 11.4. The standard InChI is InChI=1S/C12H13NO5/c1-8(14)18-10(7-11(15)16)12(17)13-9-5-3-2-4-6-9/h2-6,10H,7H2,1H3,(H,13,17)(H,15,16). The predicted molar refractivity (Wildman–Crippen MR) is 62.9 cm³/mol. The summed E-state index contributed by atoms with van der Waals surface area (Å²) in [5.74, 6) is -2.59. The van der Waals surface area contributed by atoms with Crippen LogP contribution in [0.1, 0.15) is 13.3 Å². The van der Waals surface area contributed by atoms with E-state index in [1.807, 2.05) is 0 Å². The van der Waals surface area contributed by atoms with Crippen molar-refractivity contribution in [3.8, 4) is 0 Å². The summed E-state index contributed by atoms with van der Waals surface area (Å²) in [5, 5.41) is 11.1. The van der Waals surface area contributed by atoms with Crippen molar-refractivity contribution in [2.45, 2.75) is 19.4 Å². The maximum atomic E-state index is 11.7. The fraction of sp³-hybridized carbons (Fsp3) is 0.250. The number of nitrogens with one attached hydrogen (secondary N) is 1. The molecule has 6 heteroatoms. The second kappa shape index (κ2) is 6.39. The number of carbonyl (C=O) groups excluding carboxylic acids is 2. The van der Waals surface area contributed by atoms with Gasteiger partial charge in [0, 0.05) is 12.6 Å². The minimum absolute atomic E-state index is 0.505. The number of carboxylic acids is 1. The molecule has 0 aliphatic carbocycles. The van der Waals surface area contributed by atoms with Crippen LogP contribution in [0, 0.1) is 0 Å². The number of hydrogen-bond donors (Lipinski definition) is 2. The first kappa shape index (κ1) is 13.7. The molecule has 1 atom stereocenters. The zero-order chi connectivity index (χ0) is 13.5. The maximum absolute atomic E-state index is 11.7. The average molecular weight is 251 g/mol. The zero-order valence-corrected chi connectivity index (χ0v) is 9.75. The summed E-state index contributed by atoms with van der Waals surface area (Å²) in [6.07, 6.45) is -1.90. The maximum Gasteiger partial charge on any atom is 0.307 e. The lowest BCUT2D eigenvalue weighted by atomic mass is 10.2. The third-order valence-corrected chi connectivity index (χ3v) is 2.00. The second-order valence-electron chi connectivity index (χ2n) is 3.55. The fourth-order valence-corrected chi connectivity index (χ4v) is 1.29. The van der Waals surface area contributed by atoms with Crippen LogP contribution in [0.2, 0.25) is 0 Å². The Labute approximate surface area is 104 Å². The van der Waals surface area contributed by atoms with E-state index >= 15 is 0 Å². The summed E-state index contributed by atoms with van der Waals surface area (Å²) >= 11 is 0. The summed E-state index contributed by atoms with van der Waals surface area (Å²) in [7, 11) is 0. The van der Waals surface area contributed by atoms with Gasteiger partial charge in [0.25, 0.3) is 5.91 Å². The molecule has 0 saturated carbocycles. The highest BCUT2D eigenvalue weighted by Gasteiger charge is 2.24. The van der Waals surface area contributed by atoms with Gasteiger partial charge < -0.3 is 15.2 Å². The zero-order valence-electron chi connectivity index (χ0n) is 9.75. The molecular weight excluding hydrogens is 238 g/mol. The first-order valence-corrected chi connectivity index (χ1v) is 5.24. The number of aliphatic carboxylic acids is 1. The number of carbonyl (C=O) groups is 3. The largest absolute Gasteiger partial charge is 0.481 e. The Morgan fingerprint density at radius 1 is 1.28 bits per heavy atom. The van der Waals surface area contributed by atoms with Gasteiger partial charge >= 0.3 is 11.9 Å². The smallest absolute Gasteiger partial charge is 0.307 e. The highest BCUT2D eigenvalue weighted by molar-refractivity contribution is 5.97. The Balaban J connectivity index is 2.69. The van der Waals surface area contributed by atoms with Crippen molar-refractivity contribution >= 4 is 23.5 Å². The number of carboxylic acid groups (broad SMARTS) is 1. The van der Waals surface area contributed by atoms with Crippen LogP contribution in [0.5, 0.6) is 0 Å². The van der Waals surface area contributed by atoms with E-state index in [0.29, 0.717) is 5.69 Å². The van der Waals surface area contributed by atoms with E-state index in [1.54, 1.807) is 30.3 Å². The molecular formula is C12H13NO5. The summed E-state index contributed by atoms with van der Waals surface area (Å²) in [5.41, 5.74) is 0.505. The number of rotatable bonds is 5. The summed E-state index contributed by atoms with van der Waals surface area (Å²) in [4.78, 5) is 33.1. The van der Waals surface area contributed by atoms with Crippen LogP contribution in [0.4, 0.5) is 5.69 Å². The number of anilines is 1. The van der Waals surface area contributed by atoms with Gasteiger partial charge in [-0.05, 0) is 12.1 Å². The van der Waals surface area contributed by atoms with Crippen molar-refractivity contribution in [3.05, 3.63) is 30.3 Å². The van der Waals surface area contributed by atoms with Gasteiger partial charge in [0.05, 0.1) is 6.42 Å². The van der Waals surface area contributed by atoms with Crippen LogP contribution in [-0.4, -0.2) is 29.1 Å². The molecule has 0 spiro atoms. The van der Waals surface area contributed by atoms with E-state index in [-0.39, 0.29) is 0 Å². The van der Waals surface area contributed by atoms with Gasteiger partial charge in [-0.2, -0.15) is 0 Å². The molecule has 0 aliphatic rings. The molecule has 0 aliphatic heterocycles. The number of hydrogen-bond acceptors (Lipinski definition) is 4. The molecule has 1 amide bonds. The van der Waals surface area contributed by atoms with Crippen LogP contribution < -0.4 is 5.32 Å².